The van der Waals surface area contributed by atoms with Gasteiger partial charge in [0.1, 0.15) is 30.1 Å². The monoisotopic (exact) mass is 918 g/mol. The summed E-state index contributed by atoms with van der Waals surface area (Å²) >= 11 is 0. The standard InChI is InChI=1S/C45H62N2O18/c1-20-35(52)25(47-41(57)43(15-45(58,21(2)60-5)28(43)13-48)18-62-19-63-40-42(3,46)29(14-59-4)44(40,16-49)17-50)12-30(64-20)65-27-11-22(51)10-24-32(27)39(56)34-33(37(24)54)36(53)23-8-7-9-26(61-6)31(23)38(34)55/h7-9,20-22,25,27-30,35,40,48-52,54,56,58H,10-19,46H2,1-6H3,(H,47,57)/t20?,21-,22-,25?,27?,28+,29-,30?,35?,40?,42?,43?,45-/m1/s1. The van der Waals surface area contributed by atoms with Crippen LogP contribution in [0.2, 0.25) is 0 Å². The van der Waals surface area contributed by atoms with Crippen molar-refractivity contribution in [3.8, 4) is 17.2 Å². The number of aliphatic hydroxyl groups is 6. The first-order valence-corrected chi connectivity index (χ1v) is 21.7. The molecule has 1 amide bonds. The molecule has 8 unspecified atom stereocenters. The average Bonchev–Trinajstić information content (AvgIpc) is 3.27. The van der Waals surface area contributed by atoms with Crippen LogP contribution in [0, 0.1) is 22.7 Å². The van der Waals surface area contributed by atoms with E-state index in [1.807, 2.05) is 0 Å². The Bertz CT molecular complexity index is 2150. The van der Waals surface area contributed by atoms with Crippen molar-refractivity contribution in [3.63, 3.8) is 0 Å². The Morgan fingerprint density at radius 1 is 1.00 bits per heavy atom. The van der Waals surface area contributed by atoms with Crippen molar-refractivity contribution in [1.82, 2.24) is 5.32 Å². The van der Waals surface area contributed by atoms with Crippen LogP contribution in [-0.2, 0) is 39.6 Å². The molecule has 3 fully saturated rings. The van der Waals surface area contributed by atoms with Crippen LogP contribution in [-0.4, -0.2) is 173 Å². The van der Waals surface area contributed by atoms with E-state index in [0.29, 0.717) is 0 Å². The topological polar surface area (TPSA) is 316 Å². The van der Waals surface area contributed by atoms with Gasteiger partial charge in [-0.05, 0) is 33.3 Å². The van der Waals surface area contributed by atoms with Crippen LogP contribution >= 0.6 is 0 Å². The van der Waals surface area contributed by atoms with Gasteiger partial charge in [-0.3, -0.25) is 14.4 Å². The molecule has 5 aliphatic rings. The van der Waals surface area contributed by atoms with Crippen molar-refractivity contribution in [1.29, 1.82) is 0 Å². The molecule has 20 nitrogen and oxygen atoms in total. The molecule has 13 atom stereocenters. The minimum atomic E-state index is -1.68. The van der Waals surface area contributed by atoms with Crippen LogP contribution in [0.25, 0.3) is 0 Å². The number of aromatic hydroxyl groups is 2. The van der Waals surface area contributed by atoms with Gasteiger partial charge in [0, 0.05) is 74.2 Å². The van der Waals surface area contributed by atoms with Gasteiger partial charge in [-0.2, -0.15) is 0 Å². The predicted octanol–water partition coefficient (Wildman–Crippen LogP) is -0.684. The van der Waals surface area contributed by atoms with Crippen LogP contribution in [0.4, 0.5) is 0 Å². The number of hydrogen-bond acceptors (Lipinski definition) is 19. The maximum Gasteiger partial charge on any atom is 0.229 e. The molecule has 7 rings (SSSR count). The van der Waals surface area contributed by atoms with Gasteiger partial charge in [-0.15, -0.1) is 0 Å². The third-order valence-electron chi connectivity index (χ3n) is 15.0. The summed E-state index contributed by atoms with van der Waals surface area (Å²) in [5, 5.41) is 91.7. The number of amides is 1. The SMILES string of the molecule is COC[C@@H]1C(C)(N)C(OCOCC2(C(=O)NC3CC(OC4C[C@H](O)Cc5c(O)c6c(c(O)c54)C(=O)c4c(OC)cccc4C6=O)OC(C)C3O)C[C@@](O)([C@@H](C)OC)[C@H]2CO)C1(CO)CO. The zero-order valence-corrected chi connectivity index (χ0v) is 37.3. The molecule has 2 aromatic carbocycles. The van der Waals surface area contributed by atoms with Gasteiger partial charge in [0.2, 0.25) is 11.7 Å². The molecule has 65 heavy (non-hydrogen) atoms. The van der Waals surface area contributed by atoms with Gasteiger partial charge in [0.15, 0.2) is 12.1 Å². The van der Waals surface area contributed by atoms with Crippen molar-refractivity contribution >= 4 is 17.5 Å². The van der Waals surface area contributed by atoms with Gasteiger partial charge in [0.25, 0.3) is 0 Å². The molecule has 360 valence electrons. The van der Waals surface area contributed by atoms with E-state index in [1.54, 1.807) is 13.8 Å². The molecular weight excluding hydrogens is 856 g/mol. The fourth-order valence-electron chi connectivity index (χ4n) is 11.4. The maximum absolute atomic E-state index is 14.6. The number of rotatable bonds is 17. The average molecular weight is 919 g/mol. The number of hydrogen-bond donors (Lipinski definition) is 10. The number of nitrogens with one attached hydrogen (secondary N) is 1. The van der Waals surface area contributed by atoms with E-state index in [4.69, 9.17) is 38.9 Å². The first kappa shape index (κ1) is 49.0. The van der Waals surface area contributed by atoms with Gasteiger partial charge in [-0.1, -0.05) is 12.1 Å². The lowest BCUT2D eigenvalue weighted by Crippen LogP contribution is -2.80. The summed E-state index contributed by atoms with van der Waals surface area (Å²) in [6, 6.07) is 3.33. The molecule has 1 aliphatic heterocycles. The van der Waals surface area contributed by atoms with Crippen LogP contribution in [0.15, 0.2) is 18.2 Å². The van der Waals surface area contributed by atoms with E-state index in [0.717, 1.165) is 0 Å². The van der Waals surface area contributed by atoms with E-state index < -0.39 is 156 Å². The molecule has 2 aromatic rings. The van der Waals surface area contributed by atoms with Crippen molar-refractivity contribution in [3.05, 3.63) is 51.6 Å². The Hall–Kier alpha value is -3.87. The second kappa shape index (κ2) is 18.3. The number of fused-ring (bicyclic) bond motifs is 3. The number of phenolic OH excluding ortho intramolecular Hbond substituents is 2. The summed E-state index contributed by atoms with van der Waals surface area (Å²) < 4.78 is 40.4. The van der Waals surface area contributed by atoms with E-state index in [9.17, 15) is 55.2 Å². The van der Waals surface area contributed by atoms with Crippen LogP contribution in [0.3, 0.4) is 0 Å². The highest BCUT2D eigenvalue weighted by atomic mass is 16.7. The third-order valence-corrected chi connectivity index (χ3v) is 15.0. The summed E-state index contributed by atoms with van der Waals surface area (Å²) in [6.45, 7) is 2.52. The smallest absolute Gasteiger partial charge is 0.229 e. The van der Waals surface area contributed by atoms with Crippen molar-refractivity contribution in [2.45, 2.75) is 107 Å². The minimum Gasteiger partial charge on any atom is -0.507 e. The summed E-state index contributed by atoms with van der Waals surface area (Å²) in [5.41, 5.74) is 0.0474. The fourth-order valence-corrected chi connectivity index (χ4v) is 11.4. The van der Waals surface area contributed by atoms with Crippen LogP contribution in [0.1, 0.15) is 89.1 Å². The zero-order chi connectivity index (χ0) is 47.6. The second-order valence-corrected chi connectivity index (χ2v) is 18.5. The lowest BCUT2D eigenvalue weighted by molar-refractivity contribution is -0.291. The van der Waals surface area contributed by atoms with Crippen molar-refractivity contribution in [2.75, 3.05) is 61.2 Å². The molecule has 20 heteroatoms. The highest BCUT2D eigenvalue weighted by molar-refractivity contribution is 6.31. The number of aliphatic hydroxyl groups excluding tert-OH is 5. The number of methoxy groups -OCH3 is 3. The fraction of sp³-hybridized carbons (Fsp3) is 0.667. The second-order valence-electron chi connectivity index (χ2n) is 18.5. The van der Waals surface area contributed by atoms with Crippen LogP contribution < -0.4 is 15.8 Å². The Balaban J connectivity index is 1.12. The molecule has 11 N–H and O–H groups in total. The lowest BCUT2D eigenvalue weighted by Gasteiger charge is -2.64. The van der Waals surface area contributed by atoms with E-state index in [-0.39, 0.29) is 60.3 Å². The van der Waals surface area contributed by atoms with Gasteiger partial charge >= 0.3 is 0 Å². The van der Waals surface area contributed by atoms with Crippen LogP contribution in [0.5, 0.6) is 17.2 Å². The molecule has 0 aromatic heterocycles. The molecular formula is C45H62N2O18. The number of ether oxygens (including phenoxy) is 7. The lowest BCUT2D eigenvalue weighted by atomic mass is 9.48. The largest absolute Gasteiger partial charge is 0.507 e. The molecule has 4 aliphatic carbocycles. The Morgan fingerprint density at radius 3 is 2.32 bits per heavy atom. The van der Waals surface area contributed by atoms with E-state index >= 15 is 0 Å². The highest BCUT2D eigenvalue weighted by Gasteiger charge is 2.70. The normalized spacial score (nSPS) is 35.2. The molecule has 1 saturated heterocycles. The quantitative estimate of drug-likeness (QED) is 0.0455. The maximum atomic E-state index is 14.6. The summed E-state index contributed by atoms with van der Waals surface area (Å²) in [6.07, 6.45) is -8.37. The van der Waals surface area contributed by atoms with E-state index in [1.165, 1.54) is 46.5 Å². The Morgan fingerprint density at radius 2 is 1.69 bits per heavy atom. The molecule has 0 radical (unpaired) electrons. The van der Waals surface area contributed by atoms with E-state index in [2.05, 4.69) is 5.32 Å². The highest BCUT2D eigenvalue weighted by Crippen LogP contribution is 2.58. The summed E-state index contributed by atoms with van der Waals surface area (Å²) in [7, 11) is 4.18. The summed E-state index contributed by atoms with van der Waals surface area (Å²) in [5.74, 6) is -4.94. The minimum absolute atomic E-state index is 0.00318. The number of phenols is 2. The first-order valence-electron chi connectivity index (χ1n) is 21.7. The van der Waals surface area contributed by atoms with Gasteiger partial charge in [-0.25, -0.2) is 0 Å². The third kappa shape index (κ3) is 7.64. The molecule has 0 spiro atoms. The molecule has 1 heterocycles. The molecule has 0 bridgehead atoms. The predicted molar refractivity (Wildman–Crippen MR) is 224 cm³/mol. The zero-order valence-electron chi connectivity index (χ0n) is 37.3. The number of nitrogens with two attached hydrogens (primary N) is 1. The Labute approximate surface area is 375 Å². The number of carbonyl (C=O) groups is 3. The molecule has 2 saturated carbocycles. The Kier molecular flexibility index (Phi) is 13.8. The number of benzene rings is 2. The van der Waals surface area contributed by atoms with Crippen molar-refractivity contribution < 1.29 is 88.4 Å². The first-order chi connectivity index (χ1) is 30.8. The van der Waals surface area contributed by atoms with Crippen molar-refractivity contribution in [2.24, 2.45) is 28.4 Å². The summed E-state index contributed by atoms with van der Waals surface area (Å²) in [4.78, 5) is 42.4. The number of carbonyl (C=O) groups excluding carboxylic acids is 3. The van der Waals surface area contributed by atoms with Gasteiger partial charge < -0.3 is 85.1 Å². The number of ketones is 2. The van der Waals surface area contributed by atoms with Gasteiger partial charge in [0.05, 0.1) is 103 Å².